The van der Waals surface area contributed by atoms with Crippen LogP contribution in [-0.4, -0.2) is 66.5 Å². The third kappa shape index (κ3) is 6.13. The zero-order valence-electron chi connectivity index (χ0n) is 9.25. The fourth-order valence-corrected chi connectivity index (χ4v) is 0.968. The molecule has 0 saturated carbocycles. The highest BCUT2D eigenvalue weighted by Crippen LogP contribution is 2.11. The van der Waals surface area contributed by atoms with Crippen molar-refractivity contribution in [2.75, 3.05) is 46.2 Å². The average Bonchev–Trinajstić information content (AvgIpc) is 2.31. The van der Waals surface area contributed by atoms with E-state index in [-0.39, 0.29) is 46.2 Å². The maximum atomic E-state index is 8.68. The molecule has 0 unspecified atom stereocenters. The molecule has 0 heterocycles. The van der Waals surface area contributed by atoms with Crippen LogP contribution in [0.15, 0.2) is 12.7 Å². The molecule has 0 fully saturated rings. The van der Waals surface area contributed by atoms with Crippen LogP contribution in [0.3, 0.4) is 0 Å². The summed E-state index contributed by atoms with van der Waals surface area (Å²) in [4.78, 5) is 14.8. The number of hydroxylamine groups is 3. The van der Waals surface area contributed by atoms with Gasteiger partial charge in [-0.05, 0) is 6.08 Å². The number of aliphatic hydroxyl groups excluding tert-OH is 3. The lowest BCUT2D eigenvalue weighted by Gasteiger charge is -2.27. The molecule has 0 aliphatic heterocycles. The number of hydrogen-bond donors (Lipinski definition) is 3. The summed E-state index contributed by atoms with van der Waals surface area (Å²) in [5.41, 5.74) is 0. The molecular weight excluding hydrogens is 218 g/mol. The first kappa shape index (κ1) is 15.5. The maximum absolute atomic E-state index is 8.68. The summed E-state index contributed by atoms with van der Waals surface area (Å²) in [6, 6.07) is 0. The molecule has 0 radical (unpaired) electrons. The minimum atomic E-state index is -0.689. The van der Waals surface area contributed by atoms with Crippen LogP contribution in [0.2, 0.25) is 0 Å². The van der Waals surface area contributed by atoms with Crippen LogP contribution in [0.4, 0.5) is 0 Å². The standard InChI is InChI=1S/C9H20NO6/c1-2-3-10(14-7-4-11,15-8-5-12)16-9-6-13/h2,11-13H,1,3-9H2/q+1. The van der Waals surface area contributed by atoms with Gasteiger partial charge in [0, 0.05) is 0 Å². The largest absolute Gasteiger partial charge is 0.394 e. The van der Waals surface area contributed by atoms with Gasteiger partial charge in [-0.25, -0.2) is 0 Å². The van der Waals surface area contributed by atoms with Gasteiger partial charge in [0.2, 0.25) is 0 Å². The molecule has 0 bridgehead atoms. The Morgan fingerprint density at radius 2 is 1.25 bits per heavy atom. The summed E-state index contributed by atoms with van der Waals surface area (Å²) < 4.78 is 0. The highest BCUT2D eigenvalue weighted by atomic mass is 17.2. The highest BCUT2D eigenvalue weighted by Gasteiger charge is 2.33. The van der Waals surface area contributed by atoms with Gasteiger partial charge in [0.25, 0.3) is 0 Å². The molecule has 0 aliphatic carbocycles. The van der Waals surface area contributed by atoms with Gasteiger partial charge in [-0.15, -0.1) is 14.5 Å². The molecule has 0 aromatic rings. The molecule has 96 valence electrons. The Hall–Kier alpha value is -0.540. The Kier molecular flexibility index (Phi) is 9.34. The summed E-state index contributed by atoms with van der Waals surface area (Å²) in [6.07, 6.45) is 1.51. The Morgan fingerprint density at radius 1 is 0.875 bits per heavy atom. The van der Waals surface area contributed by atoms with E-state index in [9.17, 15) is 0 Å². The first-order valence-corrected chi connectivity index (χ1v) is 5.00. The number of quaternary nitrogens is 1. The molecule has 0 atom stereocenters. The van der Waals surface area contributed by atoms with Gasteiger partial charge in [0.1, 0.15) is 19.8 Å². The zero-order valence-corrected chi connectivity index (χ0v) is 9.25. The Bertz CT molecular complexity index is 156. The SMILES string of the molecule is C=CC[N+](OCCO)(OCCO)OCCO. The number of aliphatic hydroxyl groups is 3. The van der Waals surface area contributed by atoms with Gasteiger partial charge in [-0.2, -0.15) is 0 Å². The second-order valence-electron chi connectivity index (χ2n) is 2.75. The van der Waals surface area contributed by atoms with Crippen LogP contribution in [0.25, 0.3) is 0 Å². The molecular formula is C9H20NO6+. The summed E-state index contributed by atoms with van der Waals surface area (Å²) in [5.74, 6) is 0. The molecule has 16 heavy (non-hydrogen) atoms. The molecule has 0 aromatic heterocycles. The van der Waals surface area contributed by atoms with Gasteiger partial charge < -0.3 is 15.3 Å². The summed E-state index contributed by atoms with van der Waals surface area (Å²) in [6.45, 7) is 3.13. The van der Waals surface area contributed by atoms with E-state index in [4.69, 9.17) is 29.8 Å². The third-order valence-corrected chi connectivity index (χ3v) is 1.49. The number of rotatable bonds is 11. The number of hydrogen-bond acceptors (Lipinski definition) is 6. The van der Waals surface area contributed by atoms with Crippen molar-refractivity contribution in [3.8, 4) is 0 Å². The maximum Gasteiger partial charge on any atom is 0.196 e. The molecule has 7 nitrogen and oxygen atoms in total. The Labute approximate surface area is 94.5 Å². The molecule has 0 aromatic carbocycles. The van der Waals surface area contributed by atoms with E-state index in [1.54, 1.807) is 0 Å². The second kappa shape index (κ2) is 9.67. The van der Waals surface area contributed by atoms with Crippen molar-refractivity contribution >= 4 is 0 Å². The van der Waals surface area contributed by atoms with Crippen molar-refractivity contribution in [3.63, 3.8) is 0 Å². The quantitative estimate of drug-likeness (QED) is 0.237. The lowest BCUT2D eigenvalue weighted by Crippen LogP contribution is -2.49. The molecule has 3 N–H and O–H groups in total. The molecule has 7 heteroatoms. The zero-order chi connectivity index (χ0) is 12.3. The van der Waals surface area contributed by atoms with Crippen LogP contribution in [0.5, 0.6) is 0 Å². The summed E-state index contributed by atoms with van der Waals surface area (Å²) >= 11 is 0. The first-order chi connectivity index (χ1) is 7.74. The third-order valence-electron chi connectivity index (χ3n) is 1.49. The van der Waals surface area contributed by atoms with Crippen molar-refractivity contribution in [3.05, 3.63) is 12.7 Å². The summed E-state index contributed by atoms with van der Waals surface area (Å²) in [5, 5.41) is 26.0. The minimum Gasteiger partial charge on any atom is -0.394 e. The predicted octanol–water partition coefficient (Wildman–Crippen LogP) is -1.24. The average molecular weight is 238 g/mol. The topological polar surface area (TPSA) is 88.4 Å². The van der Waals surface area contributed by atoms with Gasteiger partial charge in [0.15, 0.2) is 6.54 Å². The molecule has 0 aliphatic rings. The van der Waals surface area contributed by atoms with E-state index in [0.29, 0.717) is 0 Å². The van der Waals surface area contributed by atoms with Crippen LogP contribution in [0.1, 0.15) is 0 Å². The van der Waals surface area contributed by atoms with Gasteiger partial charge in [-0.3, -0.25) is 0 Å². The Morgan fingerprint density at radius 3 is 1.50 bits per heavy atom. The summed E-state index contributed by atoms with van der Waals surface area (Å²) in [7, 11) is 0. The van der Waals surface area contributed by atoms with Gasteiger partial charge >= 0.3 is 0 Å². The first-order valence-electron chi connectivity index (χ1n) is 5.00. The fraction of sp³-hybridized carbons (Fsp3) is 0.778. The van der Waals surface area contributed by atoms with Gasteiger partial charge in [-0.1, -0.05) is 6.58 Å². The molecule has 0 amide bonds. The van der Waals surface area contributed by atoms with E-state index in [1.165, 1.54) is 6.08 Å². The van der Waals surface area contributed by atoms with E-state index in [0.717, 1.165) is 0 Å². The molecule has 0 rings (SSSR count). The minimum absolute atomic E-state index is 0.00466. The second-order valence-corrected chi connectivity index (χ2v) is 2.75. The van der Waals surface area contributed by atoms with E-state index in [1.807, 2.05) is 0 Å². The van der Waals surface area contributed by atoms with E-state index < -0.39 is 4.97 Å². The molecule has 0 spiro atoms. The van der Waals surface area contributed by atoms with Crippen molar-refractivity contribution in [2.45, 2.75) is 0 Å². The van der Waals surface area contributed by atoms with E-state index in [2.05, 4.69) is 6.58 Å². The van der Waals surface area contributed by atoms with Crippen LogP contribution in [0, 0.1) is 0 Å². The smallest absolute Gasteiger partial charge is 0.196 e. The van der Waals surface area contributed by atoms with Crippen LogP contribution >= 0.6 is 0 Å². The highest BCUT2D eigenvalue weighted by molar-refractivity contribution is 4.61. The van der Waals surface area contributed by atoms with Crippen molar-refractivity contribution < 1.29 is 34.8 Å². The normalized spacial score (nSPS) is 11.7. The lowest BCUT2D eigenvalue weighted by atomic mass is 10.6. The van der Waals surface area contributed by atoms with E-state index >= 15 is 0 Å². The monoisotopic (exact) mass is 238 g/mol. The Balaban J connectivity index is 4.37. The predicted molar refractivity (Wildman–Crippen MR) is 54.4 cm³/mol. The van der Waals surface area contributed by atoms with Crippen molar-refractivity contribution in [1.29, 1.82) is 0 Å². The van der Waals surface area contributed by atoms with Crippen LogP contribution in [-0.2, 0) is 14.5 Å². The van der Waals surface area contributed by atoms with Crippen molar-refractivity contribution in [2.24, 2.45) is 0 Å². The van der Waals surface area contributed by atoms with Crippen molar-refractivity contribution in [1.82, 2.24) is 0 Å². The lowest BCUT2D eigenvalue weighted by molar-refractivity contribution is -1.36. The number of nitrogens with zero attached hydrogens (tertiary/aromatic N) is 1. The van der Waals surface area contributed by atoms with Crippen LogP contribution < -0.4 is 0 Å². The molecule has 0 saturated heterocycles. The fourth-order valence-electron chi connectivity index (χ4n) is 0.968. The van der Waals surface area contributed by atoms with Gasteiger partial charge in [0.05, 0.1) is 24.8 Å².